The Bertz CT molecular complexity index is 2080. The summed E-state index contributed by atoms with van der Waals surface area (Å²) in [5.41, 5.74) is 6.39. The van der Waals surface area contributed by atoms with Crippen LogP contribution in [0.4, 0.5) is 11.4 Å². The van der Waals surface area contributed by atoms with Crippen molar-refractivity contribution < 1.29 is 9.72 Å². The number of nitrogens with zero attached hydrogens (tertiary/aromatic N) is 3. The second-order valence-electron chi connectivity index (χ2n) is 8.91. The molecule has 1 aliphatic heterocycles. The van der Waals surface area contributed by atoms with Gasteiger partial charge < -0.3 is 11.1 Å². The monoisotopic (exact) mass is 657 g/mol. The Morgan fingerprint density at radius 3 is 2.40 bits per heavy atom. The van der Waals surface area contributed by atoms with Gasteiger partial charge in [-0.1, -0.05) is 64.6 Å². The van der Waals surface area contributed by atoms with Crippen LogP contribution in [-0.4, -0.2) is 15.4 Å². The minimum atomic E-state index is -1.11. The van der Waals surface area contributed by atoms with Gasteiger partial charge in [-0.3, -0.25) is 24.3 Å². The summed E-state index contributed by atoms with van der Waals surface area (Å²) in [6.07, 6.45) is 1.52. The fourth-order valence-electron chi connectivity index (χ4n) is 4.47. The zero-order valence-electron chi connectivity index (χ0n) is 20.9. The van der Waals surface area contributed by atoms with Gasteiger partial charge in [-0.05, 0) is 47.5 Å². The smallest absolute Gasteiger partial charge is 0.274 e. The molecule has 0 radical (unpaired) electrons. The molecule has 0 saturated carbocycles. The molecule has 3 aromatic carbocycles. The summed E-state index contributed by atoms with van der Waals surface area (Å²) in [4.78, 5) is 38.4. The van der Waals surface area contributed by atoms with E-state index in [9.17, 15) is 25.0 Å². The molecule has 0 aliphatic carbocycles. The maximum Gasteiger partial charge on any atom is 0.274 e. The number of carbonyl (C=O) groups is 1. The minimum absolute atomic E-state index is 0.0274. The number of aromatic nitrogens is 1. The van der Waals surface area contributed by atoms with Crippen molar-refractivity contribution in [3.63, 3.8) is 0 Å². The van der Waals surface area contributed by atoms with Crippen LogP contribution in [0.2, 0.25) is 20.1 Å². The molecule has 3 N–H and O–H groups in total. The van der Waals surface area contributed by atoms with Crippen LogP contribution in [-0.2, 0) is 4.79 Å². The number of anilines is 1. The molecule has 2 heterocycles. The molecule has 1 amide bonds. The molecule has 0 saturated heterocycles. The lowest BCUT2D eigenvalue weighted by molar-refractivity contribution is -0.384. The predicted molar refractivity (Wildman–Crippen MR) is 165 cm³/mol. The third kappa shape index (κ3) is 5.41. The van der Waals surface area contributed by atoms with Crippen molar-refractivity contribution in [3.05, 3.63) is 127 Å². The van der Waals surface area contributed by atoms with E-state index >= 15 is 0 Å². The van der Waals surface area contributed by atoms with Gasteiger partial charge in [0.15, 0.2) is 0 Å². The zero-order valence-corrected chi connectivity index (χ0v) is 24.7. The summed E-state index contributed by atoms with van der Waals surface area (Å²) in [6.45, 7) is 0. The molecule has 1 atom stereocenters. The quantitative estimate of drug-likeness (QED) is 0.214. The standard InChI is InChI=1S/C28H15Cl4N5O4S/c29-14-5-4-13(20(31)9-14)8-22-27(39)36-25(34)19(12-33)23(18-7-6-15(30)10-21(18)32)24(28(36)42-22)26(38)35-16-2-1-3-17(11-16)37(40)41/h1-11,23H,34H2,(H,35,38)/b22-8-. The lowest BCUT2D eigenvalue weighted by Crippen LogP contribution is -2.40. The molecule has 0 spiro atoms. The molecule has 5 rings (SSSR count). The normalized spacial score (nSPS) is 14.9. The van der Waals surface area contributed by atoms with Crippen molar-refractivity contribution in [2.24, 2.45) is 5.73 Å². The van der Waals surface area contributed by atoms with Gasteiger partial charge in [-0.2, -0.15) is 5.26 Å². The van der Waals surface area contributed by atoms with Crippen LogP contribution in [0.15, 0.2) is 71.0 Å². The summed E-state index contributed by atoms with van der Waals surface area (Å²) in [5.74, 6) is -2.03. The van der Waals surface area contributed by atoms with Gasteiger partial charge in [0.1, 0.15) is 10.5 Å². The first kappa shape index (κ1) is 29.4. The average Bonchev–Trinajstić information content (AvgIpc) is 3.25. The fourth-order valence-corrected chi connectivity index (χ4v) is 6.62. The van der Waals surface area contributed by atoms with E-state index in [1.165, 1.54) is 42.5 Å². The number of carbonyl (C=O) groups excluding carboxylic acids is 1. The van der Waals surface area contributed by atoms with Gasteiger partial charge in [0.2, 0.25) is 0 Å². The van der Waals surface area contributed by atoms with Crippen LogP contribution in [0.25, 0.3) is 17.5 Å². The van der Waals surface area contributed by atoms with Crippen molar-refractivity contribution in [2.75, 3.05) is 5.32 Å². The topological polar surface area (TPSA) is 144 Å². The van der Waals surface area contributed by atoms with E-state index in [1.54, 1.807) is 24.3 Å². The van der Waals surface area contributed by atoms with E-state index in [0.717, 1.165) is 15.9 Å². The van der Waals surface area contributed by atoms with E-state index in [0.29, 0.717) is 21.2 Å². The van der Waals surface area contributed by atoms with Crippen molar-refractivity contribution in [2.45, 2.75) is 5.92 Å². The summed E-state index contributed by atoms with van der Waals surface area (Å²) >= 11 is 26.0. The third-order valence-electron chi connectivity index (χ3n) is 6.35. The van der Waals surface area contributed by atoms with Crippen LogP contribution >= 0.6 is 57.7 Å². The average molecular weight is 659 g/mol. The summed E-state index contributed by atoms with van der Waals surface area (Å²) in [6, 6.07) is 16.7. The number of nitriles is 1. The molecule has 0 fully saturated rings. The first-order valence-electron chi connectivity index (χ1n) is 11.8. The highest BCUT2D eigenvalue weighted by Crippen LogP contribution is 2.40. The molecular weight excluding hydrogens is 644 g/mol. The van der Waals surface area contributed by atoms with Crippen molar-refractivity contribution in [1.82, 2.24) is 4.57 Å². The number of nitro benzene ring substituents is 1. The van der Waals surface area contributed by atoms with E-state index in [4.69, 9.17) is 52.1 Å². The second kappa shape index (κ2) is 11.6. The molecule has 14 heteroatoms. The lowest BCUT2D eigenvalue weighted by Gasteiger charge is -2.26. The molecular formula is C28H15Cl4N5O4S. The number of nitrogens with one attached hydrogen (secondary N) is 1. The number of fused-ring (bicyclic) bond motifs is 1. The first-order valence-corrected chi connectivity index (χ1v) is 14.2. The van der Waals surface area contributed by atoms with Gasteiger partial charge in [0.25, 0.3) is 17.2 Å². The Morgan fingerprint density at radius 1 is 1.07 bits per heavy atom. The maximum absolute atomic E-state index is 14.0. The Balaban J connectivity index is 1.82. The van der Waals surface area contributed by atoms with Crippen molar-refractivity contribution in [3.8, 4) is 6.07 Å². The van der Waals surface area contributed by atoms with E-state index < -0.39 is 22.3 Å². The van der Waals surface area contributed by atoms with Crippen LogP contribution in [0.3, 0.4) is 0 Å². The number of allylic oxidation sites excluding steroid dienone is 1. The Morgan fingerprint density at radius 2 is 1.76 bits per heavy atom. The molecule has 42 heavy (non-hydrogen) atoms. The van der Waals surface area contributed by atoms with E-state index in [-0.39, 0.29) is 47.6 Å². The number of halogens is 4. The Hall–Kier alpha value is -4.11. The summed E-state index contributed by atoms with van der Waals surface area (Å²) in [5, 5.41) is 25.3. The molecule has 9 nitrogen and oxygen atoms in total. The van der Waals surface area contributed by atoms with Gasteiger partial charge in [0, 0.05) is 37.9 Å². The number of hydrogen-bond acceptors (Lipinski definition) is 7. The highest BCUT2D eigenvalue weighted by molar-refractivity contribution is 7.07. The molecule has 210 valence electrons. The SMILES string of the molecule is N#CC1=C(N)n2c(s/c(=C\c3ccc(Cl)cc3Cl)c2=O)=C(C(=O)Nc2cccc([N+](=O)[O-])c2)C1c1ccc(Cl)cc1Cl. The molecule has 1 unspecified atom stereocenters. The number of hydrogen-bond donors (Lipinski definition) is 2. The predicted octanol–water partition coefficient (Wildman–Crippen LogP) is 5.50. The van der Waals surface area contributed by atoms with Gasteiger partial charge in [-0.15, -0.1) is 11.3 Å². The van der Waals surface area contributed by atoms with E-state index in [1.807, 2.05) is 6.07 Å². The Labute approximate surface area is 261 Å². The maximum atomic E-state index is 14.0. The van der Waals surface area contributed by atoms with Crippen LogP contribution < -0.4 is 25.8 Å². The number of benzene rings is 3. The number of amides is 1. The number of nitrogens with two attached hydrogens (primary N) is 1. The van der Waals surface area contributed by atoms with Crippen LogP contribution in [0.1, 0.15) is 17.0 Å². The van der Waals surface area contributed by atoms with Crippen molar-refractivity contribution in [1.29, 1.82) is 5.26 Å². The molecule has 4 aromatic rings. The summed E-state index contributed by atoms with van der Waals surface area (Å²) in [7, 11) is 0. The Kier molecular flexibility index (Phi) is 8.14. The fraction of sp³-hybridized carbons (Fsp3) is 0.0357. The largest absolute Gasteiger partial charge is 0.384 e. The lowest BCUT2D eigenvalue weighted by atomic mass is 9.83. The second-order valence-corrected chi connectivity index (χ2v) is 11.6. The minimum Gasteiger partial charge on any atom is -0.384 e. The molecule has 1 aliphatic rings. The number of nitro groups is 1. The summed E-state index contributed by atoms with van der Waals surface area (Å²) < 4.78 is 1.38. The highest BCUT2D eigenvalue weighted by Gasteiger charge is 2.37. The third-order valence-corrected chi connectivity index (χ3v) is 8.58. The van der Waals surface area contributed by atoms with Gasteiger partial charge in [-0.25, -0.2) is 0 Å². The van der Waals surface area contributed by atoms with Crippen molar-refractivity contribution >= 4 is 92.5 Å². The van der Waals surface area contributed by atoms with Gasteiger partial charge in [0.05, 0.1) is 32.6 Å². The zero-order chi connectivity index (χ0) is 30.3. The first-order chi connectivity index (χ1) is 20.0. The molecule has 1 aromatic heterocycles. The van der Waals surface area contributed by atoms with Crippen LogP contribution in [0, 0.1) is 21.4 Å². The number of rotatable bonds is 5. The van der Waals surface area contributed by atoms with Gasteiger partial charge >= 0.3 is 0 Å². The molecule has 0 bridgehead atoms. The highest BCUT2D eigenvalue weighted by atomic mass is 35.5. The number of thiazole rings is 1. The van der Waals surface area contributed by atoms with Crippen LogP contribution in [0.5, 0.6) is 0 Å². The number of non-ortho nitro benzene ring substituents is 1. The van der Waals surface area contributed by atoms with E-state index in [2.05, 4.69) is 5.32 Å².